The first-order valence-electron chi connectivity index (χ1n) is 4.10. The van der Waals surface area contributed by atoms with E-state index in [9.17, 15) is 0 Å². The van der Waals surface area contributed by atoms with E-state index in [0.29, 0.717) is 0 Å². The molecule has 0 heterocycles. The highest BCUT2D eigenvalue weighted by Gasteiger charge is 2.03. The van der Waals surface area contributed by atoms with Gasteiger partial charge in [-0.3, -0.25) is 0 Å². The summed E-state index contributed by atoms with van der Waals surface area (Å²) in [5, 5.41) is 0. The average molecular weight is 198 g/mol. The second-order valence-electron chi connectivity index (χ2n) is 3.12. The van der Waals surface area contributed by atoms with E-state index in [4.69, 9.17) is 5.73 Å². The standard InChI is InChI=1S/C11H15N.ClH/c1-4-11(12)10-6-5-8(2)7-9(10)3;/h4-7,11H,1,12H2,2-3H3;1H/t11-;/m1./s1. The van der Waals surface area contributed by atoms with Crippen molar-refractivity contribution < 1.29 is 0 Å². The molecule has 0 bridgehead atoms. The van der Waals surface area contributed by atoms with E-state index < -0.39 is 0 Å². The molecule has 0 saturated heterocycles. The molecule has 0 unspecified atom stereocenters. The number of hydrogen-bond acceptors (Lipinski definition) is 1. The summed E-state index contributed by atoms with van der Waals surface area (Å²) >= 11 is 0. The third-order valence-corrected chi connectivity index (χ3v) is 2.04. The van der Waals surface area contributed by atoms with Crippen molar-refractivity contribution in [3.05, 3.63) is 47.5 Å². The van der Waals surface area contributed by atoms with E-state index in [2.05, 4.69) is 38.6 Å². The van der Waals surface area contributed by atoms with Crippen molar-refractivity contribution in [2.24, 2.45) is 5.73 Å². The van der Waals surface area contributed by atoms with Crippen LogP contribution in [0, 0.1) is 13.8 Å². The normalized spacial score (nSPS) is 11.6. The summed E-state index contributed by atoms with van der Waals surface area (Å²) in [6, 6.07) is 6.24. The van der Waals surface area contributed by atoms with Gasteiger partial charge in [-0.25, -0.2) is 0 Å². The third-order valence-electron chi connectivity index (χ3n) is 2.04. The molecule has 0 aliphatic rings. The van der Waals surface area contributed by atoms with Crippen LogP contribution in [0.2, 0.25) is 0 Å². The van der Waals surface area contributed by atoms with Crippen LogP contribution in [0.5, 0.6) is 0 Å². The van der Waals surface area contributed by atoms with Crippen molar-refractivity contribution in [2.75, 3.05) is 0 Å². The fourth-order valence-electron chi connectivity index (χ4n) is 1.33. The summed E-state index contributed by atoms with van der Waals surface area (Å²) in [7, 11) is 0. The predicted molar refractivity (Wildman–Crippen MR) is 60.3 cm³/mol. The highest BCUT2D eigenvalue weighted by molar-refractivity contribution is 5.85. The third kappa shape index (κ3) is 2.87. The molecule has 0 saturated carbocycles. The molecule has 0 spiro atoms. The second-order valence-corrected chi connectivity index (χ2v) is 3.12. The summed E-state index contributed by atoms with van der Waals surface area (Å²) in [5.41, 5.74) is 9.50. The van der Waals surface area contributed by atoms with E-state index in [0.717, 1.165) is 5.56 Å². The van der Waals surface area contributed by atoms with E-state index in [1.807, 2.05) is 0 Å². The van der Waals surface area contributed by atoms with Gasteiger partial charge in [-0.15, -0.1) is 19.0 Å². The van der Waals surface area contributed by atoms with Gasteiger partial charge < -0.3 is 5.73 Å². The second kappa shape index (κ2) is 5.05. The Morgan fingerprint density at radius 2 is 2.00 bits per heavy atom. The number of hydrogen-bond donors (Lipinski definition) is 1. The molecule has 1 aromatic rings. The molecule has 1 atom stereocenters. The van der Waals surface area contributed by atoms with Crippen molar-refractivity contribution in [1.82, 2.24) is 0 Å². The molecule has 1 nitrogen and oxygen atoms in total. The van der Waals surface area contributed by atoms with Gasteiger partial charge in [0.2, 0.25) is 0 Å². The lowest BCUT2D eigenvalue weighted by Crippen LogP contribution is -2.08. The fourth-order valence-corrected chi connectivity index (χ4v) is 1.33. The topological polar surface area (TPSA) is 26.0 Å². The largest absolute Gasteiger partial charge is 0.321 e. The zero-order valence-electron chi connectivity index (χ0n) is 8.08. The Morgan fingerprint density at radius 3 is 2.46 bits per heavy atom. The quantitative estimate of drug-likeness (QED) is 0.725. The Hall–Kier alpha value is -0.790. The van der Waals surface area contributed by atoms with Crippen LogP contribution in [0.1, 0.15) is 22.7 Å². The maximum atomic E-state index is 5.83. The van der Waals surface area contributed by atoms with Crippen molar-refractivity contribution in [1.29, 1.82) is 0 Å². The molecule has 13 heavy (non-hydrogen) atoms. The lowest BCUT2D eigenvalue weighted by Gasteiger charge is -2.10. The minimum atomic E-state index is -0.0365. The van der Waals surface area contributed by atoms with Crippen LogP contribution < -0.4 is 5.73 Å². The van der Waals surface area contributed by atoms with E-state index in [1.54, 1.807) is 6.08 Å². The van der Waals surface area contributed by atoms with E-state index >= 15 is 0 Å². The van der Waals surface area contributed by atoms with Gasteiger partial charge in [0, 0.05) is 6.04 Å². The van der Waals surface area contributed by atoms with Gasteiger partial charge in [-0.2, -0.15) is 0 Å². The molecule has 0 aliphatic carbocycles. The summed E-state index contributed by atoms with van der Waals surface area (Å²) in [6.07, 6.45) is 1.76. The van der Waals surface area contributed by atoms with Gasteiger partial charge in [0.1, 0.15) is 0 Å². The van der Waals surface area contributed by atoms with Gasteiger partial charge in [0.05, 0.1) is 0 Å². The monoisotopic (exact) mass is 197 g/mol. The van der Waals surface area contributed by atoms with Crippen LogP contribution in [0.15, 0.2) is 30.9 Å². The van der Waals surface area contributed by atoms with Crippen molar-refractivity contribution in [3.8, 4) is 0 Å². The van der Waals surface area contributed by atoms with Crippen LogP contribution >= 0.6 is 12.4 Å². The Kier molecular flexibility index (Phi) is 4.74. The number of rotatable bonds is 2. The maximum absolute atomic E-state index is 5.83. The molecule has 1 rings (SSSR count). The smallest absolute Gasteiger partial charge is 0.0481 e. The highest BCUT2D eigenvalue weighted by Crippen LogP contribution is 2.17. The van der Waals surface area contributed by atoms with Gasteiger partial charge in [-0.05, 0) is 25.0 Å². The van der Waals surface area contributed by atoms with E-state index in [1.165, 1.54) is 11.1 Å². The Bertz CT molecular complexity index is 294. The minimum absolute atomic E-state index is 0. The first kappa shape index (κ1) is 12.2. The SMILES string of the molecule is C=C[C@@H](N)c1ccc(C)cc1C.Cl. The van der Waals surface area contributed by atoms with Crippen LogP contribution in [0.25, 0.3) is 0 Å². The first-order chi connectivity index (χ1) is 5.65. The Balaban J connectivity index is 0.00000144. The van der Waals surface area contributed by atoms with Crippen molar-refractivity contribution in [3.63, 3.8) is 0 Å². The molecular formula is C11H16ClN. The van der Waals surface area contributed by atoms with Crippen LogP contribution in [-0.2, 0) is 0 Å². The lowest BCUT2D eigenvalue weighted by atomic mass is 10.00. The molecule has 0 aliphatic heterocycles. The molecule has 0 radical (unpaired) electrons. The molecule has 0 aromatic heterocycles. The lowest BCUT2D eigenvalue weighted by molar-refractivity contribution is 0.901. The summed E-state index contributed by atoms with van der Waals surface area (Å²) in [5.74, 6) is 0. The summed E-state index contributed by atoms with van der Waals surface area (Å²) in [6.45, 7) is 7.83. The maximum Gasteiger partial charge on any atom is 0.0481 e. The molecular weight excluding hydrogens is 182 g/mol. The van der Waals surface area contributed by atoms with Gasteiger partial charge in [0.25, 0.3) is 0 Å². The van der Waals surface area contributed by atoms with Gasteiger partial charge in [-0.1, -0.05) is 29.8 Å². The highest BCUT2D eigenvalue weighted by atomic mass is 35.5. The van der Waals surface area contributed by atoms with Gasteiger partial charge >= 0.3 is 0 Å². The molecule has 72 valence electrons. The van der Waals surface area contributed by atoms with Crippen molar-refractivity contribution >= 4 is 12.4 Å². The number of halogens is 1. The Morgan fingerprint density at radius 1 is 1.38 bits per heavy atom. The average Bonchev–Trinajstić information content (AvgIpc) is 2.03. The summed E-state index contributed by atoms with van der Waals surface area (Å²) in [4.78, 5) is 0. The van der Waals surface area contributed by atoms with Crippen LogP contribution in [0.4, 0.5) is 0 Å². The number of benzene rings is 1. The zero-order chi connectivity index (χ0) is 9.14. The van der Waals surface area contributed by atoms with Gasteiger partial charge in [0.15, 0.2) is 0 Å². The molecule has 0 fully saturated rings. The number of aryl methyl sites for hydroxylation is 2. The van der Waals surface area contributed by atoms with Crippen molar-refractivity contribution in [2.45, 2.75) is 19.9 Å². The summed E-state index contributed by atoms with van der Waals surface area (Å²) < 4.78 is 0. The van der Waals surface area contributed by atoms with E-state index in [-0.39, 0.29) is 18.4 Å². The molecule has 2 heteroatoms. The minimum Gasteiger partial charge on any atom is -0.321 e. The fraction of sp³-hybridized carbons (Fsp3) is 0.273. The molecule has 1 aromatic carbocycles. The molecule has 0 amide bonds. The Labute approximate surface area is 86.1 Å². The zero-order valence-corrected chi connectivity index (χ0v) is 8.90. The van der Waals surface area contributed by atoms with Crippen LogP contribution in [-0.4, -0.2) is 0 Å². The van der Waals surface area contributed by atoms with Crippen LogP contribution in [0.3, 0.4) is 0 Å². The predicted octanol–water partition coefficient (Wildman–Crippen LogP) is 2.91. The molecule has 2 N–H and O–H groups in total. The first-order valence-corrected chi connectivity index (χ1v) is 4.10. The number of nitrogens with two attached hydrogens (primary N) is 1.